The number of rotatable bonds is 4. The van der Waals surface area contributed by atoms with Crippen molar-refractivity contribution in [3.05, 3.63) is 33.9 Å². The van der Waals surface area contributed by atoms with Gasteiger partial charge < -0.3 is 5.32 Å². The molecule has 1 aromatic carbocycles. The second-order valence-electron chi connectivity index (χ2n) is 4.62. The van der Waals surface area contributed by atoms with Crippen LogP contribution in [0.1, 0.15) is 18.9 Å². The SMILES string of the molecule is CCC(=O)Nc1c(C#N)cnn1-c1c(Cl)cc(SC(F)(F)F)cc1Cl. The number of carbonyl (C=O) groups excluding carboxylic acids is 1. The van der Waals surface area contributed by atoms with E-state index >= 15 is 0 Å². The summed E-state index contributed by atoms with van der Waals surface area (Å²) in [5.74, 6) is -0.343. The average Bonchev–Trinajstić information content (AvgIpc) is 2.87. The molecule has 0 aliphatic rings. The van der Waals surface area contributed by atoms with Gasteiger partial charge in [-0.1, -0.05) is 30.1 Å². The number of hydrogen-bond donors (Lipinski definition) is 1. The predicted octanol–water partition coefficient (Wildman–Crippen LogP) is 5.01. The molecule has 25 heavy (non-hydrogen) atoms. The summed E-state index contributed by atoms with van der Waals surface area (Å²) in [6.07, 6.45) is 1.34. The third-order valence-corrected chi connectivity index (χ3v) is 4.18. The normalized spacial score (nSPS) is 11.2. The van der Waals surface area contributed by atoms with Gasteiger partial charge in [-0.05, 0) is 23.9 Å². The van der Waals surface area contributed by atoms with Gasteiger partial charge in [0.1, 0.15) is 17.3 Å². The third-order valence-electron chi connectivity index (χ3n) is 2.90. The van der Waals surface area contributed by atoms with Crippen LogP contribution in [0.4, 0.5) is 19.0 Å². The zero-order valence-electron chi connectivity index (χ0n) is 12.5. The number of hydrogen-bond acceptors (Lipinski definition) is 4. The first kappa shape index (κ1) is 19.4. The number of benzene rings is 1. The number of thioether (sulfide) groups is 1. The van der Waals surface area contributed by atoms with Gasteiger partial charge in [-0.15, -0.1) is 0 Å². The molecular weight excluding hydrogens is 400 g/mol. The number of nitriles is 1. The van der Waals surface area contributed by atoms with E-state index in [4.69, 9.17) is 28.5 Å². The highest BCUT2D eigenvalue weighted by molar-refractivity contribution is 8.00. The maximum absolute atomic E-state index is 12.5. The molecule has 2 rings (SSSR count). The molecule has 0 unspecified atom stereocenters. The summed E-state index contributed by atoms with van der Waals surface area (Å²) in [5.41, 5.74) is -4.38. The first-order valence-electron chi connectivity index (χ1n) is 6.69. The van der Waals surface area contributed by atoms with E-state index in [9.17, 15) is 18.0 Å². The number of nitrogens with one attached hydrogen (secondary N) is 1. The maximum atomic E-state index is 12.5. The highest BCUT2D eigenvalue weighted by Gasteiger charge is 2.30. The quantitative estimate of drug-likeness (QED) is 0.721. The van der Waals surface area contributed by atoms with Crippen LogP contribution in [0, 0.1) is 11.3 Å². The predicted molar refractivity (Wildman–Crippen MR) is 89.1 cm³/mol. The number of aromatic nitrogens is 2. The van der Waals surface area contributed by atoms with Crippen molar-refractivity contribution in [1.82, 2.24) is 9.78 Å². The summed E-state index contributed by atoms with van der Waals surface area (Å²) in [5, 5.41) is 15.4. The summed E-state index contributed by atoms with van der Waals surface area (Å²) < 4.78 is 38.6. The summed E-state index contributed by atoms with van der Waals surface area (Å²) in [6, 6.07) is 4.03. The van der Waals surface area contributed by atoms with Gasteiger partial charge in [0, 0.05) is 11.3 Å². The molecule has 5 nitrogen and oxygen atoms in total. The molecule has 1 N–H and O–H groups in total. The minimum atomic E-state index is -4.49. The first-order valence-corrected chi connectivity index (χ1v) is 8.26. The number of carbonyl (C=O) groups is 1. The molecule has 0 bridgehead atoms. The van der Waals surface area contributed by atoms with Crippen LogP contribution in [-0.4, -0.2) is 21.2 Å². The molecule has 0 spiro atoms. The van der Waals surface area contributed by atoms with Crippen LogP contribution in [0.3, 0.4) is 0 Å². The molecule has 1 heterocycles. The van der Waals surface area contributed by atoms with E-state index in [1.807, 2.05) is 6.07 Å². The molecule has 1 amide bonds. The zero-order valence-corrected chi connectivity index (χ0v) is 14.8. The van der Waals surface area contributed by atoms with Crippen molar-refractivity contribution >= 4 is 46.7 Å². The van der Waals surface area contributed by atoms with Crippen LogP contribution in [0.25, 0.3) is 5.69 Å². The van der Waals surface area contributed by atoms with Gasteiger partial charge in [0.05, 0.1) is 16.2 Å². The number of anilines is 1. The van der Waals surface area contributed by atoms with E-state index in [1.54, 1.807) is 6.92 Å². The van der Waals surface area contributed by atoms with Crippen LogP contribution in [0.5, 0.6) is 0 Å². The lowest BCUT2D eigenvalue weighted by Gasteiger charge is -2.14. The fraction of sp³-hybridized carbons (Fsp3) is 0.214. The van der Waals surface area contributed by atoms with E-state index in [0.717, 1.165) is 16.8 Å². The number of nitrogens with zero attached hydrogens (tertiary/aromatic N) is 3. The van der Waals surface area contributed by atoms with Crippen molar-refractivity contribution in [3.8, 4) is 11.8 Å². The van der Waals surface area contributed by atoms with E-state index in [0.29, 0.717) is 0 Å². The standard InChI is InChI=1S/C14H9Cl2F3N4OS/c1-2-11(24)22-13-7(5-20)6-21-23(13)12-9(15)3-8(4-10(12)16)25-14(17,18)19/h3-4,6H,2H2,1H3,(H,22,24). The Morgan fingerprint density at radius 1 is 1.40 bits per heavy atom. The fourth-order valence-electron chi connectivity index (χ4n) is 1.88. The van der Waals surface area contributed by atoms with Crippen LogP contribution < -0.4 is 5.32 Å². The van der Waals surface area contributed by atoms with Crippen molar-refractivity contribution in [3.63, 3.8) is 0 Å². The first-order chi connectivity index (χ1) is 11.7. The maximum Gasteiger partial charge on any atom is 0.446 e. The molecule has 2 aromatic rings. The largest absolute Gasteiger partial charge is 0.446 e. The van der Waals surface area contributed by atoms with Crippen molar-refractivity contribution in [1.29, 1.82) is 5.26 Å². The van der Waals surface area contributed by atoms with Gasteiger partial charge in [-0.25, -0.2) is 4.68 Å². The molecule has 11 heteroatoms. The lowest BCUT2D eigenvalue weighted by atomic mass is 10.3. The molecule has 0 aliphatic heterocycles. The monoisotopic (exact) mass is 408 g/mol. The van der Waals surface area contributed by atoms with Gasteiger partial charge in [0.15, 0.2) is 5.82 Å². The van der Waals surface area contributed by atoms with Gasteiger partial charge in [-0.2, -0.15) is 23.5 Å². The van der Waals surface area contributed by atoms with Crippen molar-refractivity contribution in [2.24, 2.45) is 0 Å². The van der Waals surface area contributed by atoms with Crippen molar-refractivity contribution in [2.45, 2.75) is 23.7 Å². The molecule has 132 valence electrons. The summed E-state index contributed by atoms with van der Waals surface area (Å²) in [4.78, 5) is 11.5. The minimum absolute atomic E-state index is 0.0365. The lowest BCUT2D eigenvalue weighted by Crippen LogP contribution is -2.15. The third kappa shape index (κ3) is 4.60. The number of alkyl halides is 3. The minimum Gasteiger partial charge on any atom is -0.309 e. The Morgan fingerprint density at radius 2 is 2.00 bits per heavy atom. The second kappa shape index (κ2) is 7.56. The number of amides is 1. The van der Waals surface area contributed by atoms with Gasteiger partial charge >= 0.3 is 5.51 Å². The smallest absolute Gasteiger partial charge is 0.309 e. The fourth-order valence-corrected chi connectivity index (χ4v) is 3.28. The van der Waals surface area contributed by atoms with Crippen molar-refractivity contribution in [2.75, 3.05) is 5.32 Å². The Morgan fingerprint density at radius 3 is 2.48 bits per heavy atom. The van der Waals surface area contributed by atoms with E-state index in [1.165, 1.54) is 6.20 Å². The summed E-state index contributed by atoms with van der Waals surface area (Å²) in [7, 11) is 0. The molecule has 0 aliphatic carbocycles. The van der Waals surface area contributed by atoms with Crippen LogP contribution in [-0.2, 0) is 4.79 Å². The van der Waals surface area contributed by atoms with Crippen LogP contribution in [0.15, 0.2) is 23.2 Å². The lowest BCUT2D eigenvalue weighted by molar-refractivity contribution is -0.115. The van der Waals surface area contributed by atoms with Crippen LogP contribution in [0.2, 0.25) is 10.0 Å². The second-order valence-corrected chi connectivity index (χ2v) is 6.57. The Hall–Kier alpha value is -1.89. The molecule has 0 fully saturated rings. The van der Waals surface area contributed by atoms with Gasteiger partial charge in [0.2, 0.25) is 5.91 Å². The summed E-state index contributed by atoms with van der Waals surface area (Å²) in [6.45, 7) is 1.62. The summed E-state index contributed by atoms with van der Waals surface area (Å²) >= 11 is 11.8. The highest BCUT2D eigenvalue weighted by atomic mass is 35.5. The van der Waals surface area contributed by atoms with E-state index < -0.39 is 5.51 Å². The zero-order chi connectivity index (χ0) is 18.8. The van der Waals surface area contributed by atoms with Gasteiger partial charge in [-0.3, -0.25) is 4.79 Å². The Bertz CT molecular complexity index is 838. The molecule has 0 saturated heterocycles. The topological polar surface area (TPSA) is 70.7 Å². The molecule has 0 radical (unpaired) electrons. The van der Waals surface area contributed by atoms with E-state index in [2.05, 4.69) is 10.4 Å². The van der Waals surface area contributed by atoms with Crippen molar-refractivity contribution < 1.29 is 18.0 Å². The molecule has 0 saturated carbocycles. The Balaban J connectivity index is 2.54. The molecule has 1 aromatic heterocycles. The van der Waals surface area contributed by atoms with E-state index in [-0.39, 0.29) is 56.1 Å². The Kier molecular flexibility index (Phi) is 5.87. The Labute approximate surface area is 154 Å². The van der Waals surface area contributed by atoms with Crippen LogP contribution >= 0.6 is 35.0 Å². The number of halogens is 5. The highest BCUT2D eigenvalue weighted by Crippen LogP contribution is 2.41. The average molecular weight is 409 g/mol. The van der Waals surface area contributed by atoms with Gasteiger partial charge in [0.25, 0.3) is 0 Å². The molecule has 0 atom stereocenters. The molecular formula is C14H9Cl2F3N4OS.